The molecule has 2 amide bonds. The van der Waals surface area contributed by atoms with Crippen molar-refractivity contribution >= 4 is 48.0 Å². The molecule has 0 radical (unpaired) electrons. The number of nitrogens with one attached hydrogen (secondary N) is 2. The fourth-order valence-corrected chi connectivity index (χ4v) is 21.2. The quantitative estimate of drug-likeness (QED) is 0.0289. The molecular formula is C91H115F2N5O26. The predicted octanol–water partition coefficient (Wildman–Crippen LogP) is 9.75. The van der Waals surface area contributed by atoms with Crippen molar-refractivity contribution in [2.75, 3.05) is 33.9 Å². The summed E-state index contributed by atoms with van der Waals surface area (Å²) >= 11 is 0. The normalized spacial score (nSPS) is 34.4. The van der Waals surface area contributed by atoms with Gasteiger partial charge in [-0.2, -0.15) is 0 Å². The maximum absolute atomic E-state index is 14.4. The van der Waals surface area contributed by atoms with E-state index in [1.54, 1.807) is 130 Å². The topological polar surface area (TPSA) is 400 Å². The lowest BCUT2D eigenvalue weighted by Crippen LogP contribution is -2.79. The Balaban J connectivity index is 0.000000213. The molecule has 4 aromatic rings. The molecule has 124 heavy (non-hydrogen) atoms. The summed E-state index contributed by atoms with van der Waals surface area (Å²) in [4.78, 5) is 120. The Morgan fingerprint density at radius 2 is 0.960 bits per heavy atom. The number of carbonyl (C=O) groups excluding carboxylic acids is 8. The van der Waals surface area contributed by atoms with Crippen LogP contribution in [0.15, 0.2) is 132 Å². The zero-order valence-corrected chi connectivity index (χ0v) is 73.1. The maximum Gasteiger partial charge on any atom is 0.408 e. The first kappa shape index (κ1) is 92.4. The van der Waals surface area contributed by atoms with E-state index in [0.717, 1.165) is 24.5 Å². The molecule has 6 heterocycles. The molecule has 2 aromatic carbocycles. The molecule has 2 aromatic heterocycles. The number of alkyl carbamates (subject to hydrolysis) is 2. The fourth-order valence-electron chi connectivity index (χ4n) is 21.2. The predicted molar refractivity (Wildman–Crippen MR) is 434 cm³/mol. The molecule has 4 saturated heterocycles. The molecule has 33 heteroatoms. The molecule has 674 valence electrons. The first-order valence-corrected chi connectivity index (χ1v) is 41.9. The second-order valence-corrected chi connectivity index (χ2v) is 38.1. The minimum Gasteiger partial charge on any atom is -0.456 e. The first-order valence-electron chi connectivity index (χ1n) is 41.9. The molecule has 0 unspecified atom stereocenters. The van der Waals surface area contributed by atoms with Crippen molar-refractivity contribution in [1.82, 2.24) is 25.5 Å². The standard InChI is InChI=1S/C46H60FN3O13.C45H55FN2O13/c1-24-29(58-40(54)34(52)33(28-17-16-27(47)21-48-28)49-41(55)63-42(3,4)5)20-46(56)38(61-39(53)26-14-12-11-13-15-26)36-44(8,19-18-30-45(36,23-57-30)62-25(2)51)37-35(32(24)43(46,6)7)59-31(60-37)22-50(9)10;1-10-30-57-34-31-23(2)28(56-39(52)33(50)32(27-17-16-26(46)21-47-27)48-40(53)61-41(4,5)6)20-45(54,42(31,7)8)37(59-38(51)25-14-12-11-13-15-25)35-43(9,36(34)58-30)19-18-29-44(35,22-55-29)60-24(3)49/h11-17,21,29-31,33-38,52,56H,18-20,22-23H2,1-10H3,(H,49,55);10-17,21,28-30,32-37,50,54H,1,18-20,22H2,2-9H3,(H,48,53)/t29-,30+,31+,33-,34+,35+,36-,37+,38-,44+,45-,46+;28-,29+,30+,32-,33+,34+,35-,36+,37-,43+,44-,45+/m00/s1. The van der Waals surface area contributed by atoms with E-state index >= 15 is 0 Å². The van der Waals surface area contributed by atoms with E-state index in [-0.39, 0.29) is 48.6 Å². The molecule has 4 saturated carbocycles. The Morgan fingerprint density at radius 3 is 1.30 bits per heavy atom. The van der Waals surface area contributed by atoms with Crippen LogP contribution in [0, 0.1) is 45.1 Å². The minimum atomic E-state index is -2.13. The van der Waals surface area contributed by atoms with E-state index in [1.165, 1.54) is 32.1 Å². The number of pyridine rings is 2. The average molecular weight is 1730 g/mol. The van der Waals surface area contributed by atoms with Gasteiger partial charge in [-0.1, -0.05) is 84.5 Å². The van der Waals surface area contributed by atoms with Crippen LogP contribution in [-0.4, -0.2) is 237 Å². The monoisotopic (exact) mass is 1730 g/mol. The number of aromatic nitrogens is 2. The number of benzene rings is 2. The van der Waals surface area contributed by atoms with Crippen LogP contribution in [-0.2, 0) is 85.5 Å². The number of likely N-dealkylation sites (N-methyl/N-ethyl adjacent to an activating group) is 1. The van der Waals surface area contributed by atoms with Crippen molar-refractivity contribution in [3.05, 3.63) is 166 Å². The minimum absolute atomic E-state index is 0.0530. The lowest BCUT2D eigenvalue weighted by Gasteiger charge is -2.68. The van der Waals surface area contributed by atoms with Gasteiger partial charge in [-0.15, -0.1) is 0 Å². The van der Waals surface area contributed by atoms with Gasteiger partial charge in [-0.3, -0.25) is 19.6 Å². The maximum atomic E-state index is 14.4. The van der Waals surface area contributed by atoms with Gasteiger partial charge in [0.1, 0.15) is 95.0 Å². The molecule has 6 aliphatic carbocycles. The third kappa shape index (κ3) is 16.9. The molecule has 4 aliphatic heterocycles. The Labute approximate surface area is 718 Å². The van der Waals surface area contributed by atoms with Crippen molar-refractivity contribution in [1.29, 1.82) is 0 Å². The van der Waals surface area contributed by atoms with E-state index in [0.29, 0.717) is 54.5 Å². The van der Waals surface area contributed by atoms with E-state index in [9.17, 15) is 67.6 Å². The lowest BCUT2D eigenvalue weighted by molar-refractivity contribution is -0.345. The highest BCUT2D eigenvalue weighted by molar-refractivity contribution is 5.90. The number of halogens is 2. The SMILES string of the molecule is C=C[C@@H]1O[C@@H]2C3=C(C)[C@@H](OC(=O)[C@H](O)[C@@H](NC(=O)OC(C)(C)C)c4ccc(F)cn4)C[C@@](O)([C@@H](OC(=O)c4ccccc4)[C@H]4[C@@](C)(CC[C@H]5OC[C@]54OC(C)=O)[C@@H]2O1)C3(C)C.CC(=O)O[C@@]12CO[C@@H]1CC[C@@]1(C)[C@@H]3O[C@H](CN(C)C)O[C@@H]3C3=C(C)[C@@H](OC(=O)[C@H](O)[C@@H](NC(=O)OC(C)(C)C)c4ccc(F)cn4)C[C@@](O)([C@@H](OC(=O)c4ccccc4)[C@@H]12)C3(C)C. The fraction of sp³-hybridized carbons (Fsp3) is 0.604. The van der Waals surface area contributed by atoms with E-state index in [1.807, 2.05) is 46.7 Å². The average Bonchev–Trinajstić information content (AvgIpc) is 1.11. The molecule has 0 spiro atoms. The number of aliphatic hydroxyl groups is 4. The van der Waals surface area contributed by atoms with Crippen LogP contribution < -0.4 is 10.6 Å². The number of ether oxygens (including phenoxy) is 14. The summed E-state index contributed by atoms with van der Waals surface area (Å²) in [6.45, 7) is 31.1. The molecule has 10 aliphatic rings. The number of hydrogen-bond donors (Lipinski definition) is 6. The highest BCUT2D eigenvalue weighted by Crippen LogP contribution is 2.69. The highest BCUT2D eigenvalue weighted by Gasteiger charge is 2.80. The van der Waals surface area contributed by atoms with Gasteiger partial charge in [0.2, 0.25) is 0 Å². The van der Waals surface area contributed by atoms with Crippen LogP contribution >= 0.6 is 0 Å². The van der Waals surface area contributed by atoms with Gasteiger partial charge < -0.3 is 102 Å². The number of aliphatic hydroxyl groups excluding tert-OH is 2. The summed E-state index contributed by atoms with van der Waals surface area (Å²) in [6, 6.07) is 17.9. The summed E-state index contributed by atoms with van der Waals surface area (Å²) in [6.07, 6.45) is -13.8. The van der Waals surface area contributed by atoms with Crippen molar-refractivity contribution < 1.29 is 134 Å². The van der Waals surface area contributed by atoms with Crippen LogP contribution in [0.3, 0.4) is 0 Å². The van der Waals surface area contributed by atoms with Crippen molar-refractivity contribution in [2.45, 2.75) is 281 Å². The Hall–Kier alpha value is -9.26. The molecular weight excluding hydrogens is 1620 g/mol. The van der Waals surface area contributed by atoms with Crippen LogP contribution in [0.1, 0.15) is 193 Å². The van der Waals surface area contributed by atoms with E-state index in [2.05, 4.69) is 27.2 Å². The number of nitrogens with zero attached hydrogens (tertiary/aromatic N) is 3. The Bertz CT molecular complexity index is 4790. The van der Waals surface area contributed by atoms with Crippen LogP contribution in [0.25, 0.3) is 0 Å². The summed E-state index contributed by atoms with van der Waals surface area (Å²) in [5.74, 6) is -8.51. The van der Waals surface area contributed by atoms with Gasteiger partial charge >= 0.3 is 48.0 Å². The van der Waals surface area contributed by atoms with Gasteiger partial charge in [0.15, 0.2) is 36.0 Å². The van der Waals surface area contributed by atoms with Gasteiger partial charge in [-0.05, 0) is 172 Å². The van der Waals surface area contributed by atoms with Gasteiger partial charge in [-0.25, -0.2) is 37.5 Å². The Morgan fingerprint density at radius 1 is 0.573 bits per heavy atom. The number of fused-ring (bicyclic) bond motifs is 16. The third-order valence-corrected chi connectivity index (χ3v) is 26.9. The molecule has 24 atom stereocenters. The molecule has 14 rings (SSSR count). The highest BCUT2D eigenvalue weighted by atomic mass is 19.1. The van der Waals surface area contributed by atoms with E-state index in [4.69, 9.17) is 66.3 Å². The second-order valence-electron chi connectivity index (χ2n) is 38.1. The summed E-state index contributed by atoms with van der Waals surface area (Å²) in [5.41, 5.74) is -11.3. The van der Waals surface area contributed by atoms with E-state index < -0.39 is 225 Å². The van der Waals surface area contributed by atoms with Gasteiger partial charge in [0, 0.05) is 54.9 Å². The Kier molecular flexibility index (Phi) is 25.5. The number of amides is 2. The second kappa shape index (κ2) is 34.2. The first-order chi connectivity index (χ1) is 58.0. The molecule has 4 bridgehead atoms. The molecule has 31 nitrogen and oxygen atoms in total. The van der Waals surface area contributed by atoms with Crippen molar-refractivity contribution in [2.24, 2.45) is 33.5 Å². The van der Waals surface area contributed by atoms with Crippen molar-refractivity contribution in [3.63, 3.8) is 0 Å². The number of hydrogen-bond acceptors (Lipinski definition) is 29. The van der Waals surface area contributed by atoms with Crippen LogP contribution in [0.4, 0.5) is 18.4 Å². The molecule has 6 N–H and O–H groups in total. The zero-order valence-electron chi connectivity index (χ0n) is 73.1. The summed E-state index contributed by atoms with van der Waals surface area (Å²) in [5, 5.41) is 56.0. The van der Waals surface area contributed by atoms with Gasteiger partial charge in [0.25, 0.3) is 0 Å². The summed E-state index contributed by atoms with van der Waals surface area (Å²) in [7, 11) is 3.76. The zero-order chi connectivity index (χ0) is 90.5. The molecule has 8 fully saturated rings. The number of carbonyl (C=O) groups is 8. The smallest absolute Gasteiger partial charge is 0.408 e. The number of esters is 6. The van der Waals surface area contributed by atoms with Crippen molar-refractivity contribution in [3.8, 4) is 0 Å². The van der Waals surface area contributed by atoms with Crippen LogP contribution in [0.2, 0.25) is 0 Å². The number of rotatable bonds is 19. The largest absolute Gasteiger partial charge is 0.456 e. The lowest BCUT2D eigenvalue weighted by atomic mass is 9.45. The van der Waals surface area contributed by atoms with Gasteiger partial charge in [0.05, 0.1) is 72.2 Å². The summed E-state index contributed by atoms with van der Waals surface area (Å²) < 4.78 is 116. The van der Waals surface area contributed by atoms with Crippen LogP contribution in [0.5, 0.6) is 0 Å². The third-order valence-electron chi connectivity index (χ3n) is 26.9.